The maximum Gasteiger partial charge on any atom is 0.333 e. The third kappa shape index (κ3) is 24.3. The molecule has 0 bridgehead atoms. The number of aliphatic hydroxyl groups is 3. The molecule has 0 aromatic heterocycles. The van der Waals surface area contributed by atoms with Gasteiger partial charge in [0.15, 0.2) is 12.1 Å². The summed E-state index contributed by atoms with van der Waals surface area (Å²) in [5.74, 6) is -1.39. The Morgan fingerprint density at radius 2 is 1.00 bits per heavy atom. The second-order valence-electron chi connectivity index (χ2n) is 13.4. The number of carbonyl (C=O) groups is 3. The van der Waals surface area contributed by atoms with Gasteiger partial charge in [-0.15, -0.1) is 0 Å². The summed E-state index contributed by atoms with van der Waals surface area (Å²) in [5.41, 5.74) is 0.360. The van der Waals surface area contributed by atoms with Crippen LogP contribution in [0, 0.1) is 5.41 Å². The minimum Gasteiger partial charge on any atom is -0.460 e. The summed E-state index contributed by atoms with van der Waals surface area (Å²) in [7, 11) is 0. The van der Waals surface area contributed by atoms with Crippen LogP contribution in [0.25, 0.3) is 0 Å². The number of Topliss-reactive ketones (excluding diaryl/α,β-unsaturated/α-hetero) is 1. The molecular formula is C36H65N3O12. The van der Waals surface area contributed by atoms with Gasteiger partial charge in [0.05, 0.1) is 39.6 Å². The maximum absolute atomic E-state index is 11.7. The van der Waals surface area contributed by atoms with Crippen LogP contribution in [0.1, 0.15) is 54.9 Å². The number of ether oxygens (including phenoxy) is 6. The van der Waals surface area contributed by atoms with Crippen molar-refractivity contribution >= 4 is 17.7 Å². The van der Waals surface area contributed by atoms with E-state index in [2.05, 4.69) is 35.7 Å². The first-order valence-corrected chi connectivity index (χ1v) is 17.3. The molecule has 0 fully saturated rings. The van der Waals surface area contributed by atoms with Gasteiger partial charge in [0.1, 0.15) is 32.0 Å². The van der Waals surface area contributed by atoms with Gasteiger partial charge in [0.2, 0.25) is 0 Å². The molecule has 0 aromatic rings. The topological polar surface area (TPSA) is 203 Å². The fraction of sp³-hybridized carbons (Fsp3) is 0.750. The molecule has 0 saturated carbocycles. The minimum absolute atomic E-state index is 0.102. The van der Waals surface area contributed by atoms with Crippen molar-refractivity contribution in [2.45, 2.75) is 91.5 Å². The van der Waals surface area contributed by atoms with E-state index in [1.807, 2.05) is 27.7 Å². The van der Waals surface area contributed by atoms with E-state index in [4.69, 9.17) is 28.4 Å². The van der Waals surface area contributed by atoms with Gasteiger partial charge in [-0.25, -0.2) is 9.59 Å². The molecule has 0 saturated heterocycles. The lowest BCUT2D eigenvalue weighted by molar-refractivity contribution is -0.142. The highest BCUT2D eigenvalue weighted by atomic mass is 16.6. The summed E-state index contributed by atoms with van der Waals surface area (Å²) >= 11 is 0. The van der Waals surface area contributed by atoms with Crippen molar-refractivity contribution in [1.82, 2.24) is 16.0 Å². The van der Waals surface area contributed by atoms with Gasteiger partial charge >= 0.3 is 11.9 Å². The Morgan fingerprint density at radius 3 is 1.33 bits per heavy atom. The SMILES string of the molecule is C=C(C)C(=O)COC(O)CNC(C)COCC(CC)(COCC(C)NCC(O)COC(=O)C(=C)C)COCC(C)NCC(O)COC(=O)C(=C)C. The number of ketones is 1. The van der Waals surface area contributed by atoms with E-state index in [0.717, 1.165) is 0 Å². The number of carbonyl (C=O) groups excluding carboxylic acids is 3. The van der Waals surface area contributed by atoms with Gasteiger partial charge in [-0.2, -0.15) is 0 Å². The fourth-order valence-electron chi connectivity index (χ4n) is 4.00. The lowest BCUT2D eigenvalue weighted by atomic mass is 9.88. The Balaban J connectivity index is 5.05. The fourth-order valence-corrected chi connectivity index (χ4v) is 4.00. The average molecular weight is 732 g/mol. The molecule has 0 aliphatic heterocycles. The zero-order valence-corrected chi connectivity index (χ0v) is 31.8. The van der Waals surface area contributed by atoms with Gasteiger partial charge < -0.3 is 59.7 Å². The summed E-state index contributed by atoms with van der Waals surface area (Å²) in [6.45, 7) is 24.9. The molecule has 15 heteroatoms. The molecule has 0 heterocycles. The third-order valence-corrected chi connectivity index (χ3v) is 7.52. The Hall–Kier alpha value is -2.57. The lowest BCUT2D eigenvalue weighted by Crippen LogP contribution is -2.43. The average Bonchev–Trinajstić information content (AvgIpc) is 3.08. The van der Waals surface area contributed by atoms with Crippen molar-refractivity contribution < 1.29 is 58.1 Å². The zero-order valence-electron chi connectivity index (χ0n) is 31.8. The summed E-state index contributed by atoms with van der Waals surface area (Å²) < 4.78 is 33.5. The van der Waals surface area contributed by atoms with Crippen molar-refractivity contribution in [2.75, 3.05) is 79.1 Å². The van der Waals surface area contributed by atoms with Gasteiger partial charge in [-0.3, -0.25) is 4.79 Å². The largest absolute Gasteiger partial charge is 0.460 e. The second-order valence-corrected chi connectivity index (χ2v) is 13.4. The monoisotopic (exact) mass is 731 g/mol. The second kappa shape index (κ2) is 27.1. The van der Waals surface area contributed by atoms with Crippen molar-refractivity contribution in [1.29, 1.82) is 0 Å². The predicted octanol–water partition coefficient (Wildman–Crippen LogP) is 0.808. The number of rotatable bonds is 32. The Morgan fingerprint density at radius 1 is 0.627 bits per heavy atom. The van der Waals surface area contributed by atoms with Gasteiger partial charge in [0, 0.05) is 54.3 Å². The van der Waals surface area contributed by atoms with E-state index >= 15 is 0 Å². The number of esters is 2. The Bertz CT molecular complexity index is 946. The van der Waals surface area contributed by atoms with E-state index in [9.17, 15) is 29.7 Å². The standard InChI is InChI=1S/C36H65N3O12/c1-11-36(21-46-15-27(8)37-12-30(40)18-50-34(44)25(4)5,22-47-16-28(9)38-13-31(41)19-51-35(45)26(6)7)23-48-17-29(10)39-14-33(43)49-20-32(42)24(2)3/h27-31,33,37-41,43H,2,4,6,11-23H2,1,3,5,7-10H3. The molecule has 0 radical (unpaired) electrons. The van der Waals surface area contributed by atoms with Crippen LogP contribution in [0.15, 0.2) is 36.5 Å². The molecule has 296 valence electrons. The van der Waals surface area contributed by atoms with Crippen LogP contribution in [0.3, 0.4) is 0 Å². The highest BCUT2D eigenvalue weighted by Gasteiger charge is 2.31. The molecule has 15 nitrogen and oxygen atoms in total. The molecular weight excluding hydrogens is 666 g/mol. The smallest absolute Gasteiger partial charge is 0.333 e. The van der Waals surface area contributed by atoms with E-state index in [1.165, 1.54) is 13.8 Å². The first-order chi connectivity index (χ1) is 23.9. The minimum atomic E-state index is -1.17. The van der Waals surface area contributed by atoms with Gasteiger partial charge in [0.25, 0.3) is 0 Å². The van der Waals surface area contributed by atoms with Gasteiger partial charge in [-0.1, -0.05) is 26.7 Å². The molecule has 6 atom stereocenters. The van der Waals surface area contributed by atoms with Crippen LogP contribution >= 0.6 is 0 Å². The van der Waals surface area contributed by atoms with Crippen LogP contribution in [0.2, 0.25) is 0 Å². The van der Waals surface area contributed by atoms with Crippen molar-refractivity contribution in [2.24, 2.45) is 5.41 Å². The van der Waals surface area contributed by atoms with Crippen LogP contribution in [-0.4, -0.2) is 149 Å². The van der Waals surface area contributed by atoms with Crippen LogP contribution in [0.4, 0.5) is 0 Å². The quantitative estimate of drug-likeness (QED) is 0.0322. The number of hydrogen-bond acceptors (Lipinski definition) is 15. The summed E-state index contributed by atoms with van der Waals surface area (Å²) in [4.78, 5) is 34.8. The van der Waals surface area contributed by atoms with E-state index in [-0.39, 0.29) is 74.5 Å². The van der Waals surface area contributed by atoms with E-state index in [0.29, 0.717) is 51.6 Å². The van der Waals surface area contributed by atoms with Crippen molar-refractivity contribution in [3.8, 4) is 0 Å². The third-order valence-electron chi connectivity index (χ3n) is 7.52. The molecule has 0 amide bonds. The molecule has 6 N–H and O–H groups in total. The summed E-state index contributed by atoms with van der Waals surface area (Å²) in [5, 5.41) is 39.8. The highest BCUT2D eigenvalue weighted by Crippen LogP contribution is 2.24. The normalized spacial score (nSPS) is 16.2. The van der Waals surface area contributed by atoms with E-state index in [1.54, 1.807) is 6.92 Å². The molecule has 0 spiro atoms. The zero-order chi connectivity index (χ0) is 39.0. The summed E-state index contributed by atoms with van der Waals surface area (Å²) in [6.07, 6.45) is -2.28. The molecule has 6 unspecified atom stereocenters. The lowest BCUT2D eigenvalue weighted by Gasteiger charge is -2.33. The molecule has 0 aliphatic rings. The van der Waals surface area contributed by atoms with Crippen LogP contribution in [-0.2, 0) is 42.8 Å². The van der Waals surface area contributed by atoms with Gasteiger partial charge in [-0.05, 0) is 53.5 Å². The van der Waals surface area contributed by atoms with Crippen molar-refractivity contribution in [3.63, 3.8) is 0 Å². The Labute approximate surface area is 304 Å². The first kappa shape index (κ1) is 48.4. The maximum atomic E-state index is 11.7. The Kier molecular flexibility index (Phi) is 25.7. The van der Waals surface area contributed by atoms with Crippen molar-refractivity contribution in [3.05, 3.63) is 36.5 Å². The molecule has 0 aliphatic carbocycles. The first-order valence-electron chi connectivity index (χ1n) is 17.3. The highest BCUT2D eigenvalue weighted by molar-refractivity contribution is 5.95. The number of aliphatic hydroxyl groups excluding tert-OH is 3. The molecule has 0 rings (SSSR count). The number of hydrogen-bond donors (Lipinski definition) is 6. The van der Waals surface area contributed by atoms with Crippen LogP contribution < -0.4 is 16.0 Å². The van der Waals surface area contributed by atoms with E-state index < -0.39 is 35.9 Å². The summed E-state index contributed by atoms with van der Waals surface area (Å²) in [6, 6.07) is -0.393. The van der Waals surface area contributed by atoms with Crippen LogP contribution in [0.5, 0.6) is 0 Å². The number of nitrogens with one attached hydrogen (secondary N) is 3. The predicted molar refractivity (Wildman–Crippen MR) is 193 cm³/mol. The molecule has 51 heavy (non-hydrogen) atoms. The molecule has 0 aromatic carbocycles.